The average Bonchev–Trinajstić information content (AvgIpc) is 3.29. The molecule has 3 atom stereocenters. The molecule has 8 heteroatoms. The molecule has 0 spiro atoms. The summed E-state index contributed by atoms with van der Waals surface area (Å²) < 4.78 is 16.2. The summed E-state index contributed by atoms with van der Waals surface area (Å²) in [7, 11) is 1.33. The number of rotatable bonds is 12. The molecule has 198 valence electrons. The number of amides is 1. The van der Waals surface area contributed by atoms with E-state index in [9.17, 15) is 14.4 Å². The van der Waals surface area contributed by atoms with Crippen molar-refractivity contribution >= 4 is 17.8 Å². The van der Waals surface area contributed by atoms with E-state index in [1.54, 1.807) is 0 Å². The second-order valence-corrected chi connectivity index (χ2v) is 9.20. The van der Waals surface area contributed by atoms with Crippen molar-refractivity contribution in [1.82, 2.24) is 10.6 Å². The Bertz CT molecular complexity index is 1200. The first kappa shape index (κ1) is 26.9. The molecule has 38 heavy (non-hydrogen) atoms. The van der Waals surface area contributed by atoms with Crippen LogP contribution in [0.15, 0.2) is 84.9 Å². The standard InChI is InChI=1S/C30H32N2O6/c1-36-30(35)27(16-21-12-14-24(15-13-21)37-19-22-8-4-2-5-9-22)31-25-17-28(33)32-26(25)18-29(34)38-20-23-10-6-3-7-11-23/h2-15,25-27,31H,16-20H2,1H3,(H,32,33)/t25-,26-,27-/m0/s1. The molecule has 3 aromatic carbocycles. The Morgan fingerprint density at radius 1 is 0.895 bits per heavy atom. The Balaban J connectivity index is 1.33. The molecule has 0 aliphatic carbocycles. The predicted molar refractivity (Wildman–Crippen MR) is 141 cm³/mol. The average molecular weight is 517 g/mol. The maximum atomic E-state index is 12.6. The highest BCUT2D eigenvalue weighted by Crippen LogP contribution is 2.18. The lowest BCUT2D eigenvalue weighted by Crippen LogP contribution is -2.50. The lowest BCUT2D eigenvalue weighted by Gasteiger charge is -2.25. The van der Waals surface area contributed by atoms with Crippen LogP contribution in [-0.2, 0) is 43.5 Å². The molecule has 0 radical (unpaired) electrons. The van der Waals surface area contributed by atoms with Crippen LogP contribution in [-0.4, -0.2) is 43.1 Å². The fourth-order valence-electron chi connectivity index (χ4n) is 4.36. The van der Waals surface area contributed by atoms with Crippen LogP contribution in [0.2, 0.25) is 0 Å². The van der Waals surface area contributed by atoms with Crippen LogP contribution in [0.25, 0.3) is 0 Å². The lowest BCUT2D eigenvalue weighted by molar-refractivity contribution is -0.145. The van der Waals surface area contributed by atoms with Crippen LogP contribution in [0.1, 0.15) is 29.5 Å². The van der Waals surface area contributed by atoms with E-state index in [0.717, 1.165) is 22.4 Å². The first-order chi connectivity index (χ1) is 18.5. The van der Waals surface area contributed by atoms with Crippen molar-refractivity contribution in [2.75, 3.05) is 7.11 Å². The molecule has 0 aromatic heterocycles. The van der Waals surface area contributed by atoms with Crippen molar-refractivity contribution in [3.63, 3.8) is 0 Å². The van der Waals surface area contributed by atoms with Crippen molar-refractivity contribution in [3.05, 3.63) is 102 Å². The van der Waals surface area contributed by atoms with Gasteiger partial charge in [-0.15, -0.1) is 0 Å². The van der Waals surface area contributed by atoms with Gasteiger partial charge in [-0.25, -0.2) is 0 Å². The Labute approximate surface area is 222 Å². The molecule has 1 amide bonds. The molecule has 3 aromatic rings. The summed E-state index contributed by atoms with van der Waals surface area (Å²) >= 11 is 0. The monoisotopic (exact) mass is 516 g/mol. The lowest BCUT2D eigenvalue weighted by atomic mass is 10.0. The number of ether oxygens (including phenoxy) is 3. The van der Waals surface area contributed by atoms with Gasteiger partial charge in [-0.2, -0.15) is 0 Å². The topological polar surface area (TPSA) is 103 Å². The molecule has 1 aliphatic heterocycles. The molecular formula is C30H32N2O6. The number of methoxy groups -OCH3 is 1. The minimum absolute atomic E-state index is 0.00240. The van der Waals surface area contributed by atoms with Gasteiger partial charge in [0.15, 0.2) is 0 Å². The summed E-state index contributed by atoms with van der Waals surface area (Å²) in [6.07, 6.45) is 0.496. The smallest absolute Gasteiger partial charge is 0.323 e. The first-order valence-corrected chi connectivity index (χ1v) is 12.6. The highest BCUT2D eigenvalue weighted by molar-refractivity contribution is 5.82. The third-order valence-electron chi connectivity index (χ3n) is 6.38. The van der Waals surface area contributed by atoms with Gasteiger partial charge in [0.25, 0.3) is 0 Å². The summed E-state index contributed by atoms with van der Waals surface area (Å²) in [5, 5.41) is 6.06. The quantitative estimate of drug-likeness (QED) is 0.356. The Kier molecular flexibility index (Phi) is 9.48. The summed E-state index contributed by atoms with van der Waals surface area (Å²) in [5.74, 6) is -0.334. The third-order valence-corrected chi connectivity index (χ3v) is 6.38. The molecule has 4 rings (SSSR count). The second-order valence-electron chi connectivity index (χ2n) is 9.20. The zero-order valence-electron chi connectivity index (χ0n) is 21.3. The normalized spacial score (nSPS) is 17.3. The third kappa shape index (κ3) is 7.91. The van der Waals surface area contributed by atoms with E-state index in [0.29, 0.717) is 13.0 Å². The number of esters is 2. The number of hydrogen-bond donors (Lipinski definition) is 2. The van der Waals surface area contributed by atoms with Gasteiger partial charge in [-0.3, -0.25) is 19.7 Å². The van der Waals surface area contributed by atoms with Gasteiger partial charge in [0.1, 0.15) is 25.0 Å². The molecule has 8 nitrogen and oxygen atoms in total. The van der Waals surface area contributed by atoms with E-state index in [-0.39, 0.29) is 25.4 Å². The summed E-state index contributed by atoms with van der Waals surface area (Å²) in [5.41, 5.74) is 2.86. The minimum Gasteiger partial charge on any atom is -0.489 e. The van der Waals surface area contributed by atoms with Crippen molar-refractivity contribution < 1.29 is 28.6 Å². The summed E-state index contributed by atoms with van der Waals surface area (Å²) in [6.45, 7) is 0.624. The molecule has 1 saturated heterocycles. The zero-order valence-corrected chi connectivity index (χ0v) is 21.3. The zero-order chi connectivity index (χ0) is 26.7. The number of benzene rings is 3. The van der Waals surface area contributed by atoms with Crippen molar-refractivity contribution in [2.24, 2.45) is 0 Å². The molecule has 1 aliphatic rings. The van der Waals surface area contributed by atoms with Gasteiger partial charge in [-0.1, -0.05) is 72.8 Å². The summed E-state index contributed by atoms with van der Waals surface area (Å²) in [4.78, 5) is 37.2. The van der Waals surface area contributed by atoms with Crippen molar-refractivity contribution in [1.29, 1.82) is 0 Å². The van der Waals surface area contributed by atoms with Crippen LogP contribution >= 0.6 is 0 Å². The number of carbonyl (C=O) groups excluding carboxylic acids is 3. The molecule has 1 heterocycles. The number of carbonyl (C=O) groups is 3. The van der Waals surface area contributed by atoms with Gasteiger partial charge in [-0.05, 0) is 35.2 Å². The van der Waals surface area contributed by atoms with E-state index >= 15 is 0 Å². The Morgan fingerprint density at radius 3 is 2.16 bits per heavy atom. The molecule has 1 fully saturated rings. The maximum Gasteiger partial charge on any atom is 0.323 e. The van der Waals surface area contributed by atoms with E-state index in [2.05, 4.69) is 10.6 Å². The Morgan fingerprint density at radius 2 is 1.53 bits per heavy atom. The fraction of sp³-hybridized carbons (Fsp3) is 0.300. The van der Waals surface area contributed by atoms with E-state index in [4.69, 9.17) is 14.2 Å². The van der Waals surface area contributed by atoms with Gasteiger partial charge in [0.05, 0.1) is 19.6 Å². The highest BCUT2D eigenvalue weighted by atomic mass is 16.5. The SMILES string of the molecule is COC(=O)[C@H](Cc1ccc(OCc2ccccc2)cc1)N[C@H]1CC(=O)N[C@H]1CC(=O)OCc1ccccc1. The van der Waals surface area contributed by atoms with Crippen molar-refractivity contribution in [3.8, 4) is 5.75 Å². The first-order valence-electron chi connectivity index (χ1n) is 12.6. The van der Waals surface area contributed by atoms with Gasteiger partial charge < -0.3 is 19.5 Å². The largest absolute Gasteiger partial charge is 0.489 e. The number of nitrogens with one attached hydrogen (secondary N) is 2. The van der Waals surface area contributed by atoms with E-state index in [1.165, 1.54) is 7.11 Å². The van der Waals surface area contributed by atoms with Crippen LogP contribution in [0.5, 0.6) is 5.75 Å². The molecule has 0 unspecified atom stereocenters. The van der Waals surface area contributed by atoms with Gasteiger partial charge in [0, 0.05) is 12.5 Å². The summed E-state index contributed by atoms with van der Waals surface area (Å²) in [6, 6.07) is 25.2. The minimum atomic E-state index is -0.698. The van der Waals surface area contributed by atoms with Crippen LogP contribution in [0.3, 0.4) is 0 Å². The van der Waals surface area contributed by atoms with E-state index in [1.807, 2.05) is 84.9 Å². The molecule has 0 bridgehead atoms. The van der Waals surface area contributed by atoms with Crippen LogP contribution < -0.4 is 15.4 Å². The second kappa shape index (κ2) is 13.4. The highest BCUT2D eigenvalue weighted by Gasteiger charge is 2.37. The predicted octanol–water partition coefficient (Wildman–Crippen LogP) is 3.33. The molecule has 2 N–H and O–H groups in total. The van der Waals surface area contributed by atoms with E-state index < -0.39 is 30.1 Å². The van der Waals surface area contributed by atoms with Crippen LogP contribution in [0, 0.1) is 0 Å². The van der Waals surface area contributed by atoms with Gasteiger partial charge >= 0.3 is 11.9 Å². The molecule has 0 saturated carbocycles. The maximum absolute atomic E-state index is 12.6. The Hall–Kier alpha value is -4.17. The van der Waals surface area contributed by atoms with Crippen molar-refractivity contribution in [2.45, 2.75) is 50.6 Å². The number of hydrogen-bond acceptors (Lipinski definition) is 7. The fourth-order valence-corrected chi connectivity index (χ4v) is 4.36. The molecular weight excluding hydrogens is 484 g/mol. The van der Waals surface area contributed by atoms with Gasteiger partial charge in [0.2, 0.25) is 5.91 Å². The van der Waals surface area contributed by atoms with Crippen LogP contribution in [0.4, 0.5) is 0 Å².